The highest BCUT2D eigenvalue weighted by Crippen LogP contribution is 2.25. The summed E-state index contributed by atoms with van der Waals surface area (Å²) in [4.78, 5) is 37.5. The number of carbonyl (C=O) groups is 3. The fourth-order valence-corrected chi connectivity index (χ4v) is 2.52. The predicted molar refractivity (Wildman–Crippen MR) is 101 cm³/mol. The third-order valence-electron chi connectivity index (χ3n) is 3.65. The number of para-hydroxylation sites is 1. The van der Waals surface area contributed by atoms with Gasteiger partial charge in [-0.1, -0.05) is 29.8 Å². The first-order valence-electron chi connectivity index (χ1n) is 7.99. The molecule has 26 heavy (non-hydrogen) atoms. The van der Waals surface area contributed by atoms with E-state index >= 15 is 0 Å². The van der Waals surface area contributed by atoms with Gasteiger partial charge in [0.05, 0.1) is 17.8 Å². The molecule has 7 heteroatoms. The van der Waals surface area contributed by atoms with Crippen molar-refractivity contribution in [3.63, 3.8) is 0 Å². The van der Waals surface area contributed by atoms with E-state index in [4.69, 9.17) is 11.6 Å². The summed E-state index contributed by atoms with van der Waals surface area (Å²) in [5.74, 6) is -1.45. The van der Waals surface area contributed by atoms with Crippen LogP contribution in [0.4, 0.5) is 11.4 Å². The number of methoxy groups -OCH3 is 1. The molecule has 0 unspecified atom stereocenters. The third-order valence-corrected chi connectivity index (χ3v) is 3.98. The second kappa shape index (κ2) is 9.01. The maximum absolute atomic E-state index is 12.8. The van der Waals surface area contributed by atoms with E-state index < -0.39 is 18.3 Å². The highest BCUT2D eigenvalue weighted by atomic mass is 35.5. The molecule has 0 spiro atoms. The lowest BCUT2D eigenvalue weighted by Gasteiger charge is -2.21. The van der Waals surface area contributed by atoms with E-state index in [-0.39, 0.29) is 16.6 Å². The Labute approximate surface area is 156 Å². The van der Waals surface area contributed by atoms with Crippen molar-refractivity contribution in [3.05, 3.63) is 59.1 Å². The van der Waals surface area contributed by atoms with Crippen LogP contribution in [0.25, 0.3) is 0 Å². The number of amides is 2. The lowest BCUT2D eigenvalue weighted by atomic mass is 10.1. The Kier molecular flexibility index (Phi) is 6.74. The summed E-state index contributed by atoms with van der Waals surface area (Å²) >= 11 is 6.09. The smallest absolute Gasteiger partial charge is 0.315 e. The number of hydrogen-bond donors (Lipinski definition) is 1. The zero-order valence-electron chi connectivity index (χ0n) is 14.5. The quantitative estimate of drug-likeness (QED) is 0.620. The lowest BCUT2D eigenvalue weighted by Crippen LogP contribution is -2.30. The Bertz CT molecular complexity index is 808. The van der Waals surface area contributed by atoms with Gasteiger partial charge in [-0.2, -0.15) is 0 Å². The van der Waals surface area contributed by atoms with Crippen molar-refractivity contribution in [2.75, 3.05) is 23.9 Å². The predicted octanol–water partition coefficient (Wildman–Crippen LogP) is 3.51. The van der Waals surface area contributed by atoms with Gasteiger partial charge >= 0.3 is 5.97 Å². The standard InChI is InChI=1S/C19H19ClN2O4/c1-3-22(14-7-5-4-6-8-14)19(25)13-9-10-15(20)16(11-13)21-17(23)12-18(24)26-2/h4-11H,3,12H2,1-2H3,(H,21,23). The van der Waals surface area contributed by atoms with Crippen LogP contribution in [0.5, 0.6) is 0 Å². The van der Waals surface area contributed by atoms with Crippen LogP contribution < -0.4 is 10.2 Å². The molecule has 0 saturated carbocycles. The molecule has 0 radical (unpaired) electrons. The Hall–Kier alpha value is -2.86. The van der Waals surface area contributed by atoms with Gasteiger partial charge in [0.15, 0.2) is 0 Å². The number of halogens is 1. The largest absolute Gasteiger partial charge is 0.469 e. The number of rotatable bonds is 6. The van der Waals surface area contributed by atoms with Crippen LogP contribution >= 0.6 is 11.6 Å². The van der Waals surface area contributed by atoms with Gasteiger partial charge in [0, 0.05) is 17.8 Å². The van der Waals surface area contributed by atoms with E-state index in [0.717, 1.165) is 5.69 Å². The topological polar surface area (TPSA) is 75.7 Å². The number of carbonyl (C=O) groups excluding carboxylic acids is 3. The first kappa shape index (κ1) is 19.5. The zero-order valence-corrected chi connectivity index (χ0v) is 15.2. The molecule has 2 aromatic rings. The molecule has 0 bridgehead atoms. The molecule has 1 N–H and O–H groups in total. The first-order valence-corrected chi connectivity index (χ1v) is 8.37. The highest BCUT2D eigenvalue weighted by molar-refractivity contribution is 6.34. The number of nitrogens with one attached hydrogen (secondary N) is 1. The molecule has 6 nitrogen and oxygen atoms in total. The van der Waals surface area contributed by atoms with E-state index in [2.05, 4.69) is 10.1 Å². The molecule has 0 aliphatic carbocycles. The fraction of sp³-hybridized carbons (Fsp3) is 0.211. The van der Waals surface area contributed by atoms with E-state index in [1.54, 1.807) is 11.0 Å². The van der Waals surface area contributed by atoms with Crippen LogP contribution in [-0.2, 0) is 14.3 Å². The van der Waals surface area contributed by atoms with Gasteiger partial charge in [-0.05, 0) is 37.3 Å². The molecule has 2 rings (SSSR count). The van der Waals surface area contributed by atoms with Crippen molar-refractivity contribution < 1.29 is 19.1 Å². The lowest BCUT2D eigenvalue weighted by molar-refractivity contribution is -0.142. The van der Waals surface area contributed by atoms with Gasteiger partial charge in [-0.25, -0.2) is 0 Å². The summed E-state index contributed by atoms with van der Waals surface area (Å²) in [6, 6.07) is 13.9. The summed E-state index contributed by atoms with van der Waals surface area (Å²) in [7, 11) is 1.20. The summed E-state index contributed by atoms with van der Waals surface area (Å²) in [5.41, 5.74) is 1.40. The van der Waals surface area contributed by atoms with Crippen LogP contribution in [0.15, 0.2) is 48.5 Å². The van der Waals surface area contributed by atoms with Gasteiger partial charge in [-0.3, -0.25) is 14.4 Å². The number of benzene rings is 2. The van der Waals surface area contributed by atoms with Crippen molar-refractivity contribution in [1.29, 1.82) is 0 Å². The van der Waals surface area contributed by atoms with Crippen LogP contribution in [0.3, 0.4) is 0 Å². The van der Waals surface area contributed by atoms with Crippen molar-refractivity contribution in [2.24, 2.45) is 0 Å². The van der Waals surface area contributed by atoms with Crippen molar-refractivity contribution in [2.45, 2.75) is 13.3 Å². The van der Waals surface area contributed by atoms with Crippen molar-refractivity contribution in [3.8, 4) is 0 Å². The average Bonchev–Trinajstić information content (AvgIpc) is 2.64. The minimum atomic E-state index is -0.660. The monoisotopic (exact) mass is 374 g/mol. The summed E-state index contributed by atoms with van der Waals surface area (Å²) in [5, 5.41) is 2.79. The normalized spacial score (nSPS) is 10.1. The Morgan fingerprint density at radius 2 is 1.81 bits per heavy atom. The minimum absolute atomic E-state index is 0.223. The van der Waals surface area contributed by atoms with Gasteiger partial charge in [-0.15, -0.1) is 0 Å². The molecule has 0 saturated heterocycles. The van der Waals surface area contributed by atoms with Crippen LogP contribution in [0, 0.1) is 0 Å². The second-order valence-corrected chi connectivity index (χ2v) is 5.79. The summed E-state index contributed by atoms with van der Waals surface area (Å²) in [6.07, 6.45) is -0.434. The van der Waals surface area contributed by atoms with Crippen molar-refractivity contribution in [1.82, 2.24) is 0 Å². The maximum atomic E-state index is 12.8. The summed E-state index contributed by atoms with van der Waals surface area (Å²) in [6.45, 7) is 2.36. The number of hydrogen-bond acceptors (Lipinski definition) is 4. The first-order chi connectivity index (χ1) is 12.5. The number of esters is 1. The molecule has 0 aromatic heterocycles. The molecule has 136 valence electrons. The van der Waals surface area contributed by atoms with Crippen molar-refractivity contribution >= 4 is 40.8 Å². The Balaban J connectivity index is 2.23. The van der Waals surface area contributed by atoms with Crippen LogP contribution in [-0.4, -0.2) is 31.4 Å². The maximum Gasteiger partial charge on any atom is 0.315 e. The van der Waals surface area contributed by atoms with E-state index in [1.165, 1.54) is 19.2 Å². The number of ether oxygens (including phenoxy) is 1. The molecule has 0 atom stereocenters. The van der Waals surface area contributed by atoms with Gasteiger partial charge in [0.2, 0.25) is 5.91 Å². The number of nitrogens with zero attached hydrogens (tertiary/aromatic N) is 1. The number of anilines is 2. The Morgan fingerprint density at radius 1 is 1.12 bits per heavy atom. The molecule has 0 aliphatic rings. The van der Waals surface area contributed by atoms with E-state index in [1.807, 2.05) is 37.3 Å². The molecule has 2 amide bonds. The highest BCUT2D eigenvalue weighted by Gasteiger charge is 2.18. The van der Waals surface area contributed by atoms with E-state index in [9.17, 15) is 14.4 Å². The molecule has 0 fully saturated rings. The fourth-order valence-electron chi connectivity index (χ4n) is 2.36. The van der Waals surface area contributed by atoms with E-state index in [0.29, 0.717) is 12.1 Å². The SMILES string of the molecule is CCN(C(=O)c1ccc(Cl)c(NC(=O)CC(=O)OC)c1)c1ccccc1. The minimum Gasteiger partial charge on any atom is -0.469 e. The van der Waals surface area contributed by atoms with Gasteiger partial charge < -0.3 is 15.0 Å². The molecule has 0 heterocycles. The zero-order chi connectivity index (χ0) is 19.1. The molecular formula is C19H19ClN2O4. The molecular weight excluding hydrogens is 356 g/mol. The van der Waals surface area contributed by atoms with Crippen LogP contribution in [0.1, 0.15) is 23.7 Å². The van der Waals surface area contributed by atoms with Gasteiger partial charge in [0.25, 0.3) is 5.91 Å². The second-order valence-electron chi connectivity index (χ2n) is 5.38. The third kappa shape index (κ3) is 4.83. The molecule has 2 aromatic carbocycles. The average molecular weight is 375 g/mol. The summed E-state index contributed by atoms with van der Waals surface area (Å²) < 4.78 is 4.45. The van der Waals surface area contributed by atoms with Gasteiger partial charge in [0.1, 0.15) is 6.42 Å². The van der Waals surface area contributed by atoms with Crippen LogP contribution in [0.2, 0.25) is 5.02 Å². The molecule has 0 aliphatic heterocycles. The Morgan fingerprint density at radius 3 is 2.42 bits per heavy atom.